The van der Waals surface area contributed by atoms with Gasteiger partial charge in [0.15, 0.2) is 11.5 Å². The lowest BCUT2D eigenvalue weighted by atomic mass is 10.00. The summed E-state index contributed by atoms with van der Waals surface area (Å²) < 4.78 is 11.1. The first-order valence-corrected chi connectivity index (χ1v) is 9.56. The average molecular weight is 358 g/mol. The number of ether oxygens (including phenoxy) is 2. The van der Waals surface area contributed by atoms with Gasteiger partial charge in [-0.2, -0.15) is 0 Å². The Morgan fingerprint density at radius 1 is 1.28 bits per heavy atom. The van der Waals surface area contributed by atoms with Gasteiger partial charge in [0.2, 0.25) is 0 Å². The fraction of sp³-hybridized carbons (Fsp3) is 0.421. The third kappa shape index (κ3) is 3.50. The van der Waals surface area contributed by atoms with E-state index in [1.165, 1.54) is 22.5 Å². The Balaban J connectivity index is 1.36. The second kappa shape index (κ2) is 7.06. The van der Waals surface area contributed by atoms with Crippen molar-refractivity contribution in [3.05, 3.63) is 45.6 Å². The van der Waals surface area contributed by atoms with Crippen LogP contribution in [0.15, 0.2) is 29.6 Å². The summed E-state index contributed by atoms with van der Waals surface area (Å²) in [5.41, 5.74) is 2.84. The van der Waals surface area contributed by atoms with E-state index in [0.717, 1.165) is 26.1 Å². The molecule has 6 heteroatoms. The van der Waals surface area contributed by atoms with E-state index in [-0.39, 0.29) is 11.9 Å². The molecule has 132 valence electrons. The monoisotopic (exact) mass is 358 g/mol. The van der Waals surface area contributed by atoms with Gasteiger partial charge in [-0.05, 0) is 24.5 Å². The van der Waals surface area contributed by atoms with Crippen LogP contribution in [0.5, 0.6) is 11.5 Å². The third-order valence-corrected chi connectivity index (χ3v) is 5.57. The predicted molar refractivity (Wildman–Crippen MR) is 97.7 cm³/mol. The van der Waals surface area contributed by atoms with Crippen LogP contribution in [0.2, 0.25) is 0 Å². The highest BCUT2D eigenvalue weighted by atomic mass is 32.1. The fourth-order valence-corrected chi connectivity index (χ4v) is 4.28. The number of amides is 1. The maximum Gasteiger partial charge on any atom is 0.265 e. The molecule has 1 aromatic heterocycles. The Morgan fingerprint density at radius 3 is 2.96 bits per heavy atom. The summed E-state index contributed by atoms with van der Waals surface area (Å²) in [7, 11) is 0. The van der Waals surface area contributed by atoms with Crippen molar-refractivity contribution in [2.75, 3.05) is 26.3 Å². The van der Waals surface area contributed by atoms with Crippen LogP contribution in [-0.2, 0) is 13.0 Å². The molecule has 1 aromatic carbocycles. The molecule has 2 aromatic rings. The zero-order valence-electron chi connectivity index (χ0n) is 14.3. The van der Waals surface area contributed by atoms with E-state index in [0.29, 0.717) is 29.6 Å². The number of carbonyl (C=O) groups is 1. The van der Waals surface area contributed by atoms with Crippen molar-refractivity contribution in [3.63, 3.8) is 0 Å². The first-order valence-electron chi connectivity index (χ1n) is 8.68. The van der Waals surface area contributed by atoms with Crippen LogP contribution >= 0.6 is 11.3 Å². The van der Waals surface area contributed by atoms with E-state index in [4.69, 9.17) is 9.47 Å². The minimum Gasteiger partial charge on any atom is -0.485 e. The van der Waals surface area contributed by atoms with Crippen LogP contribution in [0.1, 0.15) is 27.7 Å². The molecular weight excluding hydrogens is 336 g/mol. The summed E-state index contributed by atoms with van der Waals surface area (Å²) in [5, 5.41) is 4.94. The van der Waals surface area contributed by atoms with Gasteiger partial charge in [-0.3, -0.25) is 9.69 Å². The Morgan fingerprint density at radius 2 is 2.08 bits per heavy atom. The topological polar surface area (TPSA) is 50.8 Å². The fourth-order valence-electron chi connectivity index (χ4n) is 3.45. The van der Waals surface area contributed by atoms with Gasteiger partial charge in [0.1, 0.15) is 18.1 Å². The lowest BCUT2D eigenvalue weighted by molar-refractivity contribution is 0.0922. The number of carbonyl (C=O) groups excluding carboxylic acids is 1. The van der Waals surface area contributed by atoms with Gasteiger partial charge in [0, 0.05) is 31.1 Å². The summed E-state index contributed by atoms with van der Waals surface area (Å²) in [5.74, 6) is 1.19. The van der Waals surface area contributed by atoms with Crippen LogP contribution < -0.4 is 14.8 Å². The third-order valence-electron chi connectivity index (χ3n) is 4.63. The van der Waals surface area contributed by atoms with E-state index in [9.17, 15) is 4.79 Å². The van der Waals surface area contributed by atoms with Crippen molar-refractivity contribution in [2.24, 2.45) is 0 Å². The zero-order valence-corrected chi connectivity index (χ0v) is 15.1. The molecule has 3 heterocycles. The van der Waals surface area contributed by atoms with Crippen LogP contribution in [0.25, 0.3) is 0 Å². The summed E-state index contributed by atoms with van der Waals surface area (Å²) in [4.78, 5) is 15.6. The predicted octanol–water partition coefficient (Wildman–Crippen LogP) is 2.70. The van der Waals surface area contributed by atoms with Crippen molar-refractivity contribution >= 4 is 17.2 Å². The van der Waals surface area contributed by atoms with E-state index in [1.807, 2.05) is 5.38 Å². The smallest absolute Gasteiger partial charge is 0.265 e. The number of fused-ring (bicyclic) bond motifs is 2. The second-order valence-corrected chi connectivity index (χ2v) is 7.46. The number of nitrogens with zero attached hydrogens (tertiary/aromatic N) is 1. The quantitative estimate of drug-likeness (QED) is 0.913. The van der Waals surface area contributed by atoms with E-state index in [2.05, 4.69) is 41.4 Å². The normalized spacial score (nSPS) is 17.6. The molecule has 0 saturated heterocycles. The molecular formula is C19H22N2O3S. The highest BCUT2D eigenvalue weighted by Crippen LogP contribution is 2.39. The molecule has 2 aliphatic heterocycles. The minimum atomic E-state index is -0.0818. The molecule has 0 aliphatic carbocycles. The lowest BCUT2D eigenvalue weighted by Gasteiger charge is -2.31. The standard InChI is InChI=1S/C19H22N2O3S/c1-13(10-21-7-6-14-4-2-3-5-15(14)11-21)20-19(22)18-17-16(12-25-18)23-8-9-24-17/h2-5,12-13H,6-11H2,1H3,(H,20,22)/t13-/m0/s1. The maximum absolute atomic E-state index is 12.6. The number of hydrogen-bond donors (Lipinski definition) is 1. The molecule has 0 bridgehead atoms. The van der Waals surface area contributed by atoms with Crippen LogP contribution in [0.4, 0.5) is 0 Å². The van der Waals surface area contributed by atoms with Gasteiger partial charge >= 0.3 is 0 Å². The largest absolute Gasteiger partial charge is 0.485 e. The van der Waals surface area contributed by atoms with Crippen molar-refractivity contribution < 1.29 is 14.3 Å². The molecule has 25 heavy (non-hydrogen) atoms. The Kier molecular flexibility index (Phi) is 4.63. The van der Waals surface area contributed by atoms with Crippen molar-refractivity contribution in [3.8, 4) is 11.5 Å². The SMILES string of the molecule is C[C@@H](CN1CCc2ccccc2C1)NC(=O)c1scc2c1OCCO2. The summed E-state index contributed by atoms with van der Waals surface area (Å²) in [6, 6.07) is 8.67. The molecule has 2 aliphatic rings. The molecule has 4 rings (SSSR count). The summed E-state index contributed by atoms with van der Waals surface area (Å²) >= 11 is 1.38. The summed E-state index contributed by atoms with van der Waals surface area (Å²) in [6.07, 6.45) is 1.07. The van der Waals surface area contributed by atoms with E-state index >= 15 is 0 Å². The lowest BCUT2D eigenvalue weighted by Crippen LogP contribution is -2.43. The molecule has 0 unspecified atom stereocenters. The number of benzene rings is 1. The van der Waals surface area contributed by atoms with Gasteiger partial charge in [-0.25, -0.2) is 0 Å². The Hall–Kier alpha value is -2.05. The molecule has 5 nitrogen and oxygen atoms in total. The van der Waals surface area contributed by atoms with Crippen LogP contribution in [0.3, 0.4) is 0 Å². The number of thiophene rings is 1. The summed E-state index contributed by atoms with van der Waals surface area (Å²) in [6.45, 7) is 5.90. The molecule has 1 N–H and O–H groups in total. The van der Waals surface area contributed by atoms with Gasteiger partial charge in [-0.15, -0.1) is 11.3 Å². The molecule has 0 saturated carbocycles. The highest BCUT2D eigenvalue weighted by molar-refractivity contribution is 7.12. The number of hydrogen-bond acceptors (Lipinski definition) is 5. The van der Waals surface area contributed by atoms with Crippen LogP contribution in [0, 0.1) is 0 Å². The van der Waals surface area contributed by atoms with Gasteiger partial charge in [-0.1, -0.05) is 24.3 Å². The molecule has 0 radical (unpaired) electrons. The second-order valence-electron chi connectivity index (χ2n) is 6.58. The Labute approximate surface area is 151 Å². The van der Waals surface area contributed by atoms with E-state index < -0.39 is 0 Å². The molecule has 0 spiro atoms. The number of nitrogens with one attached hydrogen (secondary N) is 1. The van der Waals surface area contributed by atoms with Gasteiger partial charge in [0.25, 0.3) is 5.91 Å². The molecule has 0 fully saturated rings. The average Bonchev–Trinajstić information content (AvgIpc) is 3.05. The van der Waals surface area contributed by atoms with Gasteiger partial charge < -0.3 is 14.8 Å². The first kappa shape index (κ1) is 16.4. The zero-order chi connectivity index (χ0) is 17.2. The first-order chi connectivity index (χ1) is 12.2. The maximum atomic E-state index is 12.6. The molecule has 1 amide bonds. The number of rotatable bonds is 4. The van der Waals surface area contributed by atoms with Crippen molar-refractivity contribution in [1.29, 1.82) is 0 Å². The van der Waals surface area contributed by atoms with E-state index in [1.54, 1.807) is 0 Å². The highest BCUT2D eigenvalue weighted by Gasteiger charge is 2.25. The van der Waals surface area contributed by atoms with Gasteiger partial charge in [0.05, 0.1) is 0 Å². The van der Waals surface area contributed by atoms with Crippen molar-refractivity contribution in [1.82, 2.24) is 10.2 Å². The minimum absolute atomic E-state index is 0.0695. The van der Waals surface area contributed by atoms with Crippen LogP contribution in [-0.4, -0.2) is 43.2 Å². The molecule has 1 atom stereocenters. The van der Waals surface area contributed by atoms with Crippen molar-refractivity contribution in [2.45, 2.75) is 25.9 Å². The Bertz CT molecular complexity index is 774.